The molecule has 0 aliphatic heterocycles. The average molecular weight is 295 g/mol. The molecule has 0 radical (unpaired) electrons. The fourth-order valence-corrected chi connectivity index (χ4v) is 2.25. The zero-order valence-corrected chi connectivity index (χ0v) is 13.4. The zero-order chi connectivity index (χ0) is 15.7. The maximum atomic E-state index is 10.1. The molecule has 0 aliphatic rings. The molecule has 0 bridgehead atoms. The number of ether oxygens (including phenoxy) is 1. The van der Waals surface area contributed by atoms with Crippen LogP contribution in [0.5, 0.6) is 0 Å². The van der Waals surface area contributed by atoms with E-state index in [1.54, 1.807) is 7.11 Å². The van der Waals surface area contributed by atoms with Gasteiger partial charge in [0, 0.05) is 13.7 Å². The lowest BCUT2D eigenvalue weighted by Gasteiger charge is -2.14. The molecule has 0 saturated heterocycles. The van der Waals surface area contributed by atoms with Gasteiger partial charge in [-0.3, -0.25) is 0 Å². The van der Waals surface area contributed by atoms with Crippen molar-refractivity contribution < 1.29 is 14.9 Å². The van der Waals surface area contributed by atoms with E-state index >= 15 is 0 Å². The molecule has 2 unspecified atom stereocenters. The number of rotatable bonds is 10. The van der Waals surface area contributed by atoms with Gasteiger partial charge in [0.15, 0.2) is 0 Å². The number of hydrogen-bond donors (Lipinski definition) is 3. The van der Waals surface area contributed by atoms with Gasteiger partial charge in [0.1, 0.15) is 0 Å². The minimum atomic E-state index is -0.516. The monoisotopic (exact) mass is 295 g/mol. The van der Waals surface area contributed by atoms with E-state index in [1.807, 2.05) is 12.1 Å². The fraction of sp³-hybridized carbons (Fsp3) is 0.647. The predicted octanol–water partition coefficient (Wildman–Crippen LogP) is 1.91. The molecule has 1 aromatic carbocycles. The highest BCUT2D eigenvalue weighted by Gasteiger charge is 2.08. The lowest BCUT2D eigenvalue weighted by Crippen LogP contribution is -2.26. The Morgan fingerprint density at radius 3 is 2.38 bits per heavy atom. The molecule has 0 heterocycles. The molecule has 0 aromatic heterocycles. The second-order valence-electron chi connectivity index (χ2n) is 5.96. The second-order valence-corrected chi connectivity index (χ2v) is 5.96. The molecule has 2 atom stereocenters. The molecule has 21 heavy (non-hydrogen) atoms. The zero-order valence-electron chi connectivity index (χ0n) is 13.4. The molecule has 1 rings (SSSR count). The van der Waals surface area contributed by atoms with Gasteiger partial charge in [0.05, 0.1) is 18.8 Å². The van der Waals surface area contributed by atoms with Crippen LogP contribution >= 0.6 is 0 Å². The van der Waals surface area contributed by atoms with Crippen molar-refractivity contribution in [3.8, 4) is 0 Å². The first-order chi connectivity index (χ1) is 10.0. The first-order valence-corrected chi connectivity index (χ1v) is 7.67. The number of nitrogens with one attached hydrogen (secondary N) is 1. The SMILES string of the molecule is COCC(O)CCNCC(O)c1ccc(CC(C)C)cc1. The number of aliphatic hydroxyl groups excluding tert-OH is 2. The van der Waals surface area contributed by atoms with Crippen LogP contribution in [0.1, 0.15) is 37.5 Å². The normalized spacial score (nSPS) is 14.4. The molecular formula is C17H29NO3. The topological polar surface area (TPSA) is 61.7 Å². The summed E-state index contributed by atoms with van der Waals surface area (Å²) in [6.45, 7) is 5.90. The maximum absolute atomic E-state index is 10.1. The third-order valence-corrected chi connectivity index (χ3v) is 3.36. The summed E-state index contributed by atoms with van der Waals surface area (Å²) in [6, 6.07) is 8.15. The fourth-order valence-electron chi connectivity index (χ4n) is 2.25. The molecule has 0 saturated carbocycles. The van der Waals surface area contributed by atoms with Crippen molar-refractivity contribution in [3.05, 3.63) is 35.4 Å². The molecule has 3 N–H and O–H groups in total. The molecule has 4 heteroatoms. The van der Waals surface area contributed by atoms with E-state index in [4.69, 9.17) is 4.74 Å². The van der Waals surface area contributed by atoms with Crippen LogP contribution in [0.2, 0.25) is 0 Å². The number of benzene rings is 1. The van der Waals surface area contributed by atoms with Crippen LogP contribution in [-0.4, -0.2) is 43.1 Å². The highest BCUT2D eigenvalue weighted by molar-refractivity contribution is 5.24. The highest BCUT2D eigenvalue weighted by atomic mass is 16.5. The van der Waals surface area contributed by atoms with Crippen molar-refractivity contribution in [1.29, 1.82) is 0 Å². The van der Waals surface area contributed by atoms with E-state index < -0.39 is 12.2 Å². The van der Waals surface area contributed by atoms with Crippen LogP contribution in [0.25, 0.3) is 0 Å². The van der Waals surface area contributed by atoms with E-state index in [-0.39, 0.29) is 0 Å². The van der Waals surface area contributed by atoms with Gasteiger partial charge in [-0.05, 0) is 36.4 Å². The number of aliphatic hydroxyl groups is 2. The predicted molar refractivity (Wildman–Crippen MR) is 85.3 cm³/mol. The second kappa shape index (κ2) is 9.90. The molecular weight excluding hydrogens is 266 g/mol. The standard InChI is InChI=1S/C17H29NO3/c1-13(2)10-14-4-6-15(7-5-14)17(20)11-18-9-8-16(19)12-21-3/h4-7,13,16-20H,8-12H2,1-3H3. The summed E-state index contributed by atoms with van der Waals surface area (Å²) in [7, 11) is 1.57. The lowest BCUT2D eigenvalue weighted by atomic mass is 10.0. The van der Waals surface area contributed by atoms with Crippen molar-refractivity contribution in [3.63, 3.8) is 0 Å². The summed E-state index contributed by atoms with van der Waals surface area (Å²) in [6.07, 6.45) is 0.715. The van der Waals surface area contributed by atoms with Crippen LogP contribution in [0, 0.1) is 5.92 Å². The Balaban J connectivity index is 2.30. The number of hydrogen-bond acceptors (Lipinski definition) is 4. The van der Waals surface area contributed by atoms with E-state index in [0.29, 0.717) is 32.0 Å². The van der Waals surface area contributed by atoms with Crippen LogP contribution in [0.15, 0.2) is 24.3 Å². The Kier molecular flexibility index (Phi) is 8.54. The third-order valence-electron chi connectivity index (χ3n) is 3.36. The summed E-state index contributed by atoms with van der Waals surface area (Å²) in [5.41, 5.74) is 2.23. The maximum Gasteiger partial charge on any atom is 0.0914 e. The van der Waals surface area contributed by atoms with E-state index in [9.17, 15) is 10.2 Å². The number of methoxy groups -OCH3 is 1. The van der Waals surface area contributed by atoms with Crippen molar-refractivity contribution in [2.24, 2.45) is 5.92 Å². The first kappa shape index (κ1) is 18.1. The molecule has 0 amide bonds. The Morgan fingerprint density at radius 2 is 1.81 bits per heavy atom. The van der Waals surface area contributed by atoms with Gasteiger partial charge in [-0.25, -0.2) is 0 Å². The van der Waals surface area contributed by atoms with Crippen molar-refractivity contribution in [2.45, 2.75) is 38.9 Å². The lowest BCUT2D eigenvalue weighted by molar-refractivity contribution is 0.0586. The van der Waals surface area contributed by atoms with Crippen LogP contribution in [0.3, 0.4) is 0 Å². The molecule has 4 nitrogen and oxygen atoms in total. The van der Waals surface area contributed by atoms with E-state index in [1.165, 1.54) is 5.56 Å². The van der Waals surface area contributed by atoms with Gasteiger partial charge in [-0.2, -0.15) is 0 Å². The molecule has 1 aromatic rings. The Hall–Kier alpha value is -0.940. The highest BCUT2D eigenvalue weighted by Crippen LogP contribution is 2.15. The van der Waals surface area contributed by atoms with Crippen LogP contribution < -0.4 is 5.32 Å². The Labute approximate surface area is 128 Å². The quantitative estimate of drug-likeness (QED) is 0.577. The molecule has 0 fully saturated rings. The van der Waals surface area contributed by atoms with Gasteiger partial charge in [-0.15, -0.1) is 0 Å². The smallest absolute Gasteiger partial charge is 0.0914 e. The van der Waals surface area contributed by atoms with E-state index in [0.717, 1.165) is 12.0 Å². The minimum absolute atomic E-state index is 0.349. The first-order valence-electron chi connectivity index (χ1n) is 7.67. The van der Waals surface area contributed by atoms with Gasteiger partial charge >= 0.3 is 0 Å². The summed E-state index contributed by atoms with van der Waals surface area (Å²) >= 11 is 0. The average Bonchev–Trinajstić information content (AvgIpc) is 2.44. The Morgan fingerprint density at radius 1 is 1.14 bits per heavy atom. The molecule has 120 valence electrons. The van der Waals surface area contributed by atoms with Crippen LogP contribution in [0.4, 0.5) is 0 Å². The summed E-state index contributed by atoms with van der Waals surface area (Å²) < 4.78 is 4.86. The molecule has 0 spiro atoms. The van der Waals surface area contributed by atoms with E-state index in [2.05, 4.69) is 31.3 Å². The van der Waals surface area contributed by atoms with Gasteiger partial charge in [0.25, 0.3) is 0 Å². The minimum Gasteiger partial charge on any atom is -0.391 e. The van der Waals surface area contributed by atoms with Crippen molar-refractivity contribution in [1.82, 2.24) is 5.32 Å². The summed E-state index contributed by atoms with van der Waals surface area (Å²) in [5.74, 6) is 0.640. The molecule has 0 aliphatic carbocycles. The van der Waals surface area contributed by atoms with Gasteiger partial charge < -0.3 is 20.3 Å². The van der Waals surface area contributed by atoms with Gasteiger partial charge in [-0.1, -0.05) is 38.1 Å². The van der Waals surface area contributed by atoms with Gasteiger partial charge in [0.2, 0.25) is 0 Å². The van der Waals surface area contributed by atoms with Crippen LogP contribution in [-0.2, 0) is 11.2 Å². The van der Waals surface area contributed by atoms with Crippen molar-refractivity contribution in [2.75, 3.05) is 26.8 Å². The Bertz CT molecular complexity index is 378. The third kappa shape index (κ3) is 7.58. The summed E-state index contributed by atoms with van der Waals surface area (Å²) in [5, 5.41) is 22.8. The van der Waals surface area contributed by atoms with Crippen molar-refractivity contribution >= 4 is 0 Å². The largest absolute Gasteiger partial charge is 0.391 e. The summed E-state index contributed by atoms with van der Waals surface area (Å²) in [4.78, 5) is 0.